The van der Waals surface area contributed by atoms with Crippen molar-refractivity contribution in [3.63, 3.8) is 0 Å². The molecular weight excluding hydrogens is 320 g/mol. The quantitative estimate of drug-likeness (QED) is 0.739. The second kappa shape index (κ2) is 5.86. The Balaban J connectivity index is 1.41. The minimum Gasteiger partial charge on any atom is -0.325 e. The first-order chi connectivity index (χ1) is 12.1. The molecule has 0 radical (unpaired) electrons. The summed E-state index contributed by atoms with van der Waals surface area (Å²) in [5, 5.41) is 2.76. The Hall–Kier alpha value is -3.48. The number of nitrogens with one attached hydrogen (secondary N) is 1. The molecule has 25 heavy (non-hydrogen) atoms. The Labute approximate surface area is 142 Å². The summed E-state index contributed by atoms with van der Waals surface area (Å²) in [5.74, 6) is -0.975. The number of anilines is 1. The predicted molar refractivity (Wildman–Crippen MR) is 90.2 cm³/mol. The molecule has 0 bridgehead atoms. The Morgan fingerprint density at radius 1 is 1.04 bits per heavy atom. The third-order valence-corrected chi connectivity index (χ3v) is 4.11. The number of hydrogen-bond acceptors (Lipinski definition) is 4. The summed E-state index contributed by atoms with van der Waals surface area (Å²) >= 11 is 0. The maximum Gasteiger partial charge on any atom is 0.261 e. The van der Waals surface area contributed by atoms with Crippen LogP contribution in [0.2, 0.25) is 0 Å². The van der Waals surface area contributed by atoms with Crippen molar-refractivity contribution in [1.29, 1.82) is 0 Å². The zero-order valence-corrected chi connectivity index (χ0v) is 13.2. The summed E-state index contributed by atoms with van der Waals surface area (Å²) in [6, 6.07) is 10.2. The number of imide groups is 1. The molecule has 3 aromatic rings. The molecule has 1 aliphatic heterocycles. The first-order valence-corrected chi connectivity index (χ1v) is 7.81. The lowest BCUT2D eigenvalue weighted by molar-refractivity contribution is -0.116. The van der Waals surface area contributed by atoms with Crippen LogP contribution in [-0.4, -0.2) is 38.6 Å². The number of amides is 3. The minimum absolute atomic E-state index is 0.0352. The van der Waals surface area contributed by atoms with Crippen LogP contribution in [0.3, 0.4) is 0 Å². The lowest BCUT2D eigenvalue weighted by atomic mass is 10.1. The highest BCUT2D eigenvalue weighted by molar-refractivity contribution is 6.21. The van der Waals surface area contributed by atoms with Gasteiger partial charge >= 0.3 is 0 Å². The van der Waals surface area contributed by atoms with E-state index in [-0.39, 0.29) is 30.7 Å². The fraction of sp³-hybridized carbons (Fsp3) is 0.111. The summed E-state index contributed by atoms with van der Waals surface area (Å²) in [6.07, 6.45) is 5.24. The number of aromatic nitrogens is 2. The third-order valence-electron chi connectivity index (χ3n) is 4.11. The summed E-state index contributed by atoms with van der Waals surface area (Å²) in [6.45, 7) is 0.0471. The maximum absolute atomic E-state index is 12.3. The van der Waals surface area contributed by atoms with E-state index in [9.17, 15) is 14.4 Å². The number of nitrogens with zero attached hydrogens (tertiary/aromatic N) is 3. The van der Waals surface area contributed by atoms with Crippen LogP contribution in [0.4, 0.5) is 5.69 Å². The monoisotopic (exact) mass is 334 g/mol. The van der Waals surface area contributed by atoms with Gasteiger partial charge in [0.05, 0.1) is 16.8 Å². The van der Waals surface area contributed by atoms with Crippen LogP contribution in [0.25, 0.3) is 5.65 Å². The van der Waals surface area contributed by atoms with Crippen LogP contribution >= 0.6 is 0 Å². The average molecular weight is 334 g/mol. The molecule has 0 saturated heterocycles. The molecule has 3 heterocycles. The molecule has 3 amide bonds. The summed E-state index contributed by atoms with van der Waals surface area (Å²) in [5.41, 5.74) is 2.18. The molecule has 0 spiro atoms. The molecule has 2 aromatic heterocycles. The van der Waals surface area contributed by atoms with E-state index < -0.39 is 0 Å². The highest BCUT2D eigenvalue weighted by atomic mass is 16.2. The Morgan fingerprint density at radius 3 is 2.48 bits per heavy atom. The maximum atomic E-state index is 12.3. The van der Waals surface area contributed by atoms with Crippen molar-refractivity contribution < 1.29 is 14.4 Å². The van der Waals surface area contributed by atoms with Crippen LogP contribution in [0.15, 0.2) is 55.0 Å². The molecule has 0 atom stereocenters. The number of rotatable bonds is 4. The largest absolute Gasteiger partial charge is 0.325 e. The zero-order chi connectivity index (χ0) is 17.4. The average Bonchev–Trinajstić information content (AvgIpc) is 3.17. The Bertz CT molecular complexity index is 973. The van der Waals surface area contributed by atoms with Gasteiger partial charge in [0.15, 0.2) is 0 Å². The van der Waals surface area contributed by atoms with Crippen molar-refractivity contribution in [3.8, 4) is 0 Å². The SMILES string of the molecule is O=C(CCN1C(=O)c2ccccc2C1=O)Nc1ccc2nccn2c1. The van der Waals surface area contributed by atoms with E-state index in [0.29, 0.717) is 16.8 Å². The van der Waals surface area contributed by atoms with Gasteiger partial charge in [-0.15, -0.1) is 0 Å². The number of benzene rings is 1. The lowest BCUT2D eigenvalue weighted by Crippen LogP contribution is -2.32. The number of pyridine rings is 1. The smallest absolute Gasteiger partial charge is 0.261 e. The fourth-order valence-electron chi connectivity index (χ4n) is 2.87. The highest BCUT2D eigenvalue weighted by Crippen LogP contribution is 2.22. The summed E-state index contributed by atoms with van der Waals surface area (Å²) < 4.78 is 1.79. The Morgan fingerprint density at radius 2 is 1.76 bits per heavy atom. The van der Waals surface area contributed by atoms with Gasteiger partial charge in [-0.3, -0.25) is 19.3 Å². The number of fused-ring (bicyclic) bond motifs is 2. The number of hydrogen-bond donors (Lipinski definition) is 1. The standard InChI is InChI=1S/C18H14N4O3/c23-16(20-12-5-6-15-19-8-10-21(15)11-12)7-9-22-17(24)13-3-1-2-4-14(13)18(22)25/h1-6,8,10-11H,7,9H2,(H,20,23). The van der Waals surface area contributed by atoms with Crippen molar-refractivity contribution in [2.24, 2.45) is 0 Å². The van der Waals surface area contributed by atoms with Gasteiger partial charge in [-0.2, -0.15) is 0 Å². The molecule has 1 N–H and O–H groups in total. The first kappa shape index (κ1) is 15.1. The first-order valence-electron chi connectivity index (χ1n) is 7.81. The van der Waals surface area contributed by atoms with Gasteiger partial charge in [-0.1, -0.05) is 12.1 Å². The molecular formula is C18H14N4O3. The molecule has 4 rings (SSSR count). The van der Waals surface area contributed by atoms with Gasteiger partial charge in [0.25, 0.3) is 11.8 Å². The van der Waals surface area contributed by atoms with E-state index in [1.807, 2.05) is 0 Å². The molecule has 1 aromatic carbocycles. The van der Waals surface area contributed by atoms with Crippen LogP contribution in [-0.2, 0) is 4.79 Å². The molecule has 124 valence electrons. The second-order valence-electron chi connectivity index (χ2n) is 5.72. The number of carbonyl (C=O) groups is 3. The van der Waals surface area contributed by atoms with Gasteiger partial charge in [-0.25, -0.2) is 4.98 Å². The highest BCUT2D eigenvalue weighted by Gasteiger charge is 2.34. The van der Waals surface area contributed by atoms with Crippen LogP contribution in [0.5, 0.6) is 0 Å². The van der Waals surface area contributed by atoms with Crippen LogP contribution in [0, 0.1) is 0 Å². The van der Waals surface area contributed by atoms with E-state index in [0.717, 1.165) is 10.5 Å². The van der Waals surface area contributed by atoms with Crippen LogP contribution in [0.1, 0.15) is 27.1 Å². The minimum atomic E-state index is -0.353. The van der Waals surface area contributed by atoms with Crippen molar-refractivity contribution in [2.75, 3.05) is 11.9 Å². The van der Waals surface area contributed by atoms with Crippen molar-refractivity contribution in [1.82, 2.24) is 14.3 Å². The zero-order valence-electron chi connectivity index (χ0n) is 13.2. The lowest BCUT2D eigenvalue weighted by Gasteiger charge is -2.13. The second-order valence-corrected chi connectivity index (χ2v) is 5.72. The van der Waals surface area contributed by atoms with Gasteiger partial charge in [-0.05, 0) is 24.3 Å². The van der Waals surface area contributed by atoms with E-state index in [2.05, 4.69) is 10.3 Å². The van der Waals surface area contributed by atoms with Gasteiger partial charge in [0, 0.05) is 31.6 Å². The van der Waals surface area contributed by atoms with E-state index >= 15 is 0 Å². The van der Waals surface area contributed by atoms with Gasteiger partial charge in [0.1, 0.15) is 5.65 Å². The van der Waals surface area contributed by atoms with E-state index in [4.69, 9.17) is 0 Å². The van der Waals surface area contributed by atoms with E-state index in [1.54, 1.807) is 59.4 Å². The van der Waals surface area contributed by atoms with Crippen molar-refractivity contribution in [3.05, 3.63) is 66.1 Å². The molecule has 0 aliphatic carbocycles. The predicted octanol–water partition coefficient (Wildman–Crippen LogP) is 1.96. The fourth-order valence-corrected chi connectivity index (χ4v) is 2.87. The third kappa shape index (κ3) is 2.65. The molecule has 1 aliphatic rings. The molecule has 0 unspecified atom stereocenters. The van der Waals surface area contributed by atoms with Crippen molar-refractivity contribution in [2.45, 2.75) is 6.42 Å². The van der Waals surface area contributed by atoms with Gasteiger partial charge in [0.2, 0.25) is 5.91 Å². The van der Waals surface area contributed by atoms with Crippen LogP contribution < -0.4 is 5.32 Å². The summed E-state index contributed by atoms with van der Waals surface area (Å²) in [4.78, 5) is 41.9. The normalized spacial score (nSPS) is 13.4. The molecule has 7 heteroatoms. The van der Waals surface area contributed by atoms with Gasteiger partial charge < -0.3 is 9.72 Å². The number of imidazole rings is 1. The molecule has 7 nitrogen and oxygen atoms in total. The molecule has 0 saturated carbocycles. The topological polar surface area (TPSA) is 83.8 Å². The van der Waals surface area contributed by atoms with E-state index in [1.165, 1.54) is 0 Å². The number of carbonyl (C=O) groups excluding carboxylic acids is 3. The Kier molecular flexibility index (Phi) is 3.53. The van der Waals surface area contributed by atoms with Crippen molar-refractivity contribution >= 4 is 29.1 Å². The summed E-state index contributed by atoms with van der Waals surface area (Å²) in [7, 11) is 0. The molecule has 0 fully saturated rings.